The molecule has 1 aromatic heterocycles. The number of aromatic nitrogens is 2. The Balaban J connectivity index is 1.64. The van der Waals surface area contributed by atoms with E-state index >= 15 is 0 Å². The van der Waals surface area contributed by atoms with Gasteiger partial charge in [-0.1, -0.05) is 25.7 Å². The van der Waals surface area contributed by atoms with E-state index in [9.17, 15) is 4.79 Å². The van der Waals surface area contributed by atoms with Crippen LogP contribution >= 0.6 is 0 Å². The molecular formula is C14H24N4O. The second-order valence-electron chi connectivity index (χ2n) is 5.29. The van der Waals surface area contributed by atoms with Gasteiger partial charge in [-0.05, 0) is 12.8 Å². The van der Waals surface area contributed by atoms with Gasteiger partial charge in [-0.3, -0.25) is 4.79 Å². The van der Waals surface area contributed by atoms with Crippen molar-refractivity contribution in [1.82, 2.24) is 20.2 Å². The number of rotatable bonds is 5. The molecule has 106 valence electrons. The normalized spacial score (nSPS) is 17.1. The lowest BCUT2D eigenvalue weighted by atomic mass is 10.1. The SMILES string of the molecule is Cn1cncc1C(=O)NCCNC1CCCCCC1. The van der Waals surface area contributed by atoms with Gasteiger partial charge in [0.05, 0.1) is 12.5 Å². The lowest BCUT2D eigenvalue weighted by Crippen LogP contribution is -2.37. The van der Waals surface area contributed by atoms with Crippen molar-refractivity contribution in [2.75, 3.05) is 13.1 Å². The van der Waals surface area contributed by atoms with E-state index < -0.39 is 0 Å². The molecule has 1 fully saturated rings. The van der Waals surface area contributed by atoms with Crippen molar-refractivity contribution in [3.8, 4) is 0 Å². The van der Waals surface area contributed by atoms with Crippen LogP contribution in [0.3, 0.4) is 0 Å². The zero-order valence-electron chi connectivity index (χ0n) is 11.7. The van der Waals surface area contributed by atoms with E-state index in [2.05, 4.69) is 15.6 Å². The molecule has 1 saturated carbocycles. The summed E-state index contributed by atoms with van der Waals surface area (Å²) in [7, 11) is 1.83. The van der Waals surface area contributed by atoms with Crippen LogP contribution in [0.15, 0.2) is 12.5 Å². The van der Waals surface area contributed by atoms with Crippen LogP contribution < -0.4 is 10.6 Å². The molecule has 1 amide bonds. The molecular weight excluding hydrogens is 240 g/mol. The Morgan fingerprint density at radius 1 is 1.32 bits per heavy atom. The average molecular weight is 264 g/mol. The molecule has 2 rings (SSSR count). The van der Waals surface area contributed by atoms with Crippen molar-refractivity contribution in [2.24, 2.45) is 7.05 Å². The number of aryl methyl sites for hydroxylation is 1. The van der Waals surface area contributed by atoms with Gasteiger partial charge in [-0.15, -0.1) is 0 Å². The second-order valence-corrected chi connectivity index (χ2v) is 5.29. The predicted octanol–water partition coefficient (Wildman–Crippen LogP) is 1.46. The van der Waals surface area contributed by atoms with E-state index in [1.807, 2.05) is 7.05 Å². The molecule has 0 aliphatic heterocycles. The van der Waals surface area contributed by atoms with Crippen molar-refractivity contribution >= 4 is 5.91 Å². The molecule has 5 nitrogen and oxygen atoms in total. The number of amides is 1. The van der Waals surface area contributed by atoms with Crippen molar-refractivity contribution in [2.45, 2.75) is 44.6 Å². The number of imidazole rings is 1. The van der Waals surface area contributed by atoms with Gasteiger partial charge in [0, 0.05) is 26.2 Å². The number of carbonyl (C=O) groups is 1. The fourth-order valence-corrected chi connectivity index (χ4v) is 2.60. The highest BCUT2D eigenvalue weighted by atomic mass is 16.1. The summed E-state index contributed by atoms with van der Waals surface area (Å²) in [6, 6.07) is 0.635. The third-order valence-corrected chi connectivity index (χ3v) is 3.75. The van der Waals surface area contributed by atoms with Gasteiger partial charge in [0.2, 0.25) is 0 Å². The zero-order chi connectivity index (χ0) is 13.5. The quantitative estimate of drug-likeness (QED) is 0.625. The van der Waals surface area contributed by atoms with Crippen molar-refractivity contribution < 1.29 is 4.79 Å². The van der Waals surface area contributed by atoms with Crippen LogP contribution in [-0.2, 0) is 7.05 Å². The molecule has 1 heterocycles. The topological polar surface area (TPSA) is 59.0 Å². The van der Waals surface area contributed by atoms with Crippen LogP contribution in [0.1, 0.15) is 49.0 Å². The first-order chi connectivity index (χ1) is 9.27. The Morgan fingerprint density at radius 2 is 2.05 bits per heavy atom. The fraction of sp³-hybridized carbons (Fsp3) is 0.714. The van der Waals surface area contributed by atoms with Gasteiger partial charge in [-0.2, -0.15) is 0 Å². The maximum atomic E-state index is 11.8. The summed E-state index contributed by atoms with van der Waals surface area (Å²) in [5.41, 5.74) is 0.606. The standard InChI is InChI=1S/C14H24N4O/c1-18-11-15-10-13(18)14(19)17-9-8-16-12-6-4-2-3-5-7-12/h10-12,16H,2-9H2,1H3,(H,17,19). The second kappa shape index (κ2) is 7.28. The van der Waals surface area contributed by atoms with Crippen molar-refractivity contribution in [3.63, 3.8) is 0 Å². The Kier molecular flexibility index (Phi) is 5.39. The summed E-state index contributed by atoms with van der Waals surface area (Å²) in [5.74, 6) is -0.0531. The first kappa shape index (κ1) is 14.1. The lowest BCUT2D eigenvalue weighted by Gasteiger charge is -2.16. The first-order valence-corrected chi connectivity index (χ1v) is 7.25. The average Bonchev–Trinajstić information content (AvgIpc) is 2.68. The smallest absolute Gasteiger partial charge is 0.269 e. The van der Waals surface area contributed by atoms with Crippen LogP contribution in [0, 0.1) is 0 Å². The predicted molar refractivity (Wildman–Crippen MR) is 75.0 cm³/mol. The largest absolute Gasteiger partial charge is 0.349 e. The maximum absolute atomic E-state index is 11.8. The molecule has 1 aliphatic carbocycles. The van der Waals surface area contributed by atoms with Gasteiger partial charge >= 0.3 is 0 Å². The highest BCUT2D eigenvalue weighted by Crippen LogP contribution is 2.16. The summed E-state index contributed by atoms with van der Waals surface area (Å²) >= 11 is 0. The van der Waals surface area contributed by atoms with Crippen LogP contribution in [0.4, 0.5) is 0 Å². The fourth-order valence-electron chi connectivity index (χ4n) is 2.60. The molecule has 19 heavy (non-hydrogen) atoms. The van der Waals surface area contributed by atoms with Crippen LogP contribution in [-0.4, -0.2) is 34.6 Å². The van der Waals surface area contributed by atoms with E-state index in [0.29, 0.717) is 18.3 Å². The minimum Gasteiger partial charge on any atom is -0.349 e. The molecule has 1 aromatic rings. The van der Waals surface area contributed by atoms with Gasteiger partial charge in [-0.25, -0.2) is 4.98 Å². The minimum atomic E-state index is -0.0531. The molecule has 0 bridgehead atoms. The Labute approximate surface area is 114 Å². The molecule has 0 radical (unpaired) electrons. The first-order valence-electron chi connectivity index (χ1n) is 7.25. The highest BCUT2D eigenvalue weighted by molar-refractivity contribution is 5.92. The van der Waals surface area contributed by atoms with Crippen LogP contribution in [0.2, 0.25) is 0 Å². The van der Waals surface area contributed by atoms with Crippen LogP contribution in [0.25, 0.3) is 0 Å². The third kappa shape index (κ3) is 4.35. The number of hydrogen-bond donors (Lipinski definition) is 2. The van der Waals surface area contributed by atoms with Crippen LogP contribution in [0.5, 0.6) is 0 Å². The third-order valence-electron chi connectivity index (χ3n) is 3.75. The van der Waals surface area contributed by atoms with Gasteiger partial charge in [0.1, 0.15) is 5.69 Å². The number of nitrogens with zero attached hydrogens (tertiary/aromatic N) is 2. The molecule has 0 unspecified atom stereocenters. The molecule has 0 aromatic carbocycles. The molecule has 2 N–H and O–H groups in total. The summed E-state index contributed by atoms with van der Waals surface area (Å²) in [4.78, 5) is 15.8. The molecule has 5 heteroatoms. The Bertz CT molecular complexity index is 394. The number of carbonyl (C=O) groups excluding carboxylic acids is 1. The Morgan fingerprint density at radius 3 is 2.68 bits per heavy atom. The van der Waals surface area contributed by atoms with Gasteiger partial charge in [0.25, 0.3) is 5.91 Å². The lowest BCUT2D eigenvalue weighted by molar-refractivity contribution is 0.0945. The zero-order valence-corrected chi connectivity index (χ0v) is 11.7. The minimum absolute atomic E-state index is 0.0531. The number of hydrogen-bond acceptors (Lipinski definition) is 3. The Hall–Kier alpha value is -1.36. The number of nitrogens with one attached hydrogen (secondary N) is 2. The summed E-state index contributed by atoms with van der Waals surface area (Å²) in [5, 5.41) is 6.46. The summed E-state index contributed by atoms with van der Waals surface area (Å²) < 4.78 is 1.73. The summed E-state index contributed by atoms with van der Waals surface area (Å²) in [6.45, 7) is 1.51. The van der Waals surface area contributed by atoms with E-state index in [-0.39, 0.29) is 5.91 Å². The molecule has 0 spiro atoms. The highest BCUT2D eigenvalue weighted by Gasteiger charge is 2.12. The molecule has 0 saturated heterocycles. The summed E-state index contributed by atoms with van der Waals surface area (Å²) in [6.07, 6.45) is 11.2. The maximum Gasteiger partial charge on any atom is 0.269 e. The van der Waals surface area contributed by atoms with E-state index in [0.717, 1.165) is 6.54 Å². The van der Waals surface area contributed by atoms with Gasteiger partial charge in [0.15, 0.2) is 0 Å². The van der Waals surface area contributed by atoms with Gasteiger partial charge < -0.3 is 15.2 Å². The van der Waals surface area contributed by atoms with Crippen molar-refractivity contribution in [1.29, 1.82) is 0 Å². The van der Waals surface area contributed by atoms with E-state index in [4.69, 9.17) is 0 Å². The van der Waals surface area contributed by atoms with Crippen molar-refractivity contribution in [3.05, 3.63) is 18.2 Å². The molecule has 1 aliphatic rings. The van der Waals surface area contributed by atoms with E-state index in [1.54, 1.807) is 17.1 Å². The van der Waals surface area contributed by atoms with E-state index in [1.165, 1.54) is 38.5 Å². The molecule has 0 atom stereocenters. The monoisotopic (exact) mass is 264 g/mol.